The van der Waals surface area contributed by atoms with Gasteiger partial charge in [0.1, 0.15) is 12.2 Å². The van der Waals surface area contributed by atoms with Crippen LogP contribution in [0, 0.1) is 6.92 Å². The molecule has 0 aliphatic rings. The molecule has 0 aliphatic heterocycles. The number of aromatic nitrogens is 5. The molecule has 21 heavy (non-hydrogen) atoms. The summed E-state index contributed by atoms with van der Waals surface area (Å²) in [6.45, 7) is 1.86. The fraction of sp³-hybridized carbons (Fsp3) is 0.154. The standard InChI is InChI=1S/C13H11N5O3/c1-8-14-10(16-21-8)7-18-12(9-5-3-2-4-6-9)11(13(19)20)15-17-18/h2-6H,7H2,1H3,(H,19,20). The van der Waals surface area contributed by atoms with Crippen LogP contribution in [0.2, 0.25) is 0 Å². The van der Waals surface area contributed by atoms with Gasteiger partial charge in [0, 0.05) is 12.5 Å². The molecule has 0 radical (unpaired) electrons. The molecule has 1 N–H and O–H groups in total. The molecule has 3 rings (SSSR count). The van der Waals surface area contributed by atoms with Crippen LogP contribution in [0.5, 0.6) is 0 Å². The number of carboxylic acids is 1. The fourth-order valence-corrected chi connectivity index (χ4v) is 1.99. The maximum absolute atomic E-state index is 11.3. The largest absolute Gasteiger partial charge is 0.476 e. The van der Waals surface area contributed by atoms with E-state index in [1.807, 2.05) is 18.2 Å². The van der Waals surface area contributed by atoms with Gasteiger partial charge in [-0.05, 0) is 0 Å². The van der Waals surface area contributed by atoms with Gasteiger partial charge < -0.3 is 9.63 Å². The minimum Gasteiger partial charge on any atom is -0.476 e. The molecule has 0 atom stereocenters. The number of aryl methyl sites for hydroxylation is 1. The predicted molar refractivity (Wildman–Crippen MR) is 70.6 cm³/mol. The second kappa shape index (κ2) is 5.16. The van der Waals surface area contributed by atoms with Crippen LogP contribution in [0.3, 0.4) is 0 Å². The van der Waals surface area contributed by atoms with E-state index in [-0.39, 0.29) is 12.2 Å². The average Bonchev–Trinajstić information content (AvgIpc) is 3.07. The van der Waals surface area contributed by atoms with Gasteiger partial charge in [0.2, 0.25) is 5.89 Å². The van der Waals surface area contributed by atoms with Crippen LogP contribution >= 0.6 is 0 Å². The van der Waals surface area contributed by atoms with E-state index in [0.717, 1.165) is 0 Å². The van der Waals surface area contributed by atoms with Crippen molar-refractivity contribution in [1.29, 1.82) is 0 Å². The zero-order chi connectivity index (χ0) is 14.8. The van der Waals surface area contributed by atoms with Crippen molar-refractivity contribution in [2.24, 2.45) is 0 Å². The summed E-state index contributed by atoms with van der Waals surface area (Å²) in [5, 5.41) is 20.6. The van der Waals surface area contributed by atoms with Gasteiger partial charge in [0.15, 0.2) is 11.5 Å². The minimum absolute atomic E-state index is 0.110. The summed E-state index contributed by atoms with van der Waals surface area (Å²) >= 11 is 0. The number of carboxylic acid groups (broad SMARTS) is 1. The summed E-state index contributed by atoms with van der Waals surface area (Å²) in [5.74, 6) is -0.291. The molecule has 0 unspecified atom stereocenters. The highest BCUT2D eigenvalue weighted by molar-refractivity contribution is 5.92. The van der Waals surface area contributed by atoms with Gasteiger partial charge in [-0.25, -0.2) is 9.48 Å². The van der Waals surface area contributed by atoms with Crippen molar-refractivity contribution in [3.63, 3.8) is 0 Å². The first-order valence-electron chi connectivity index (χ1n) is 6.16. The number of rotatable bonds is 4. The van der Waals surface area contributed by atoms with Crippen molar-refractivity contribution in [2.75, 3.05) is 0 Å². The Morgan fingerprint density at radius 3 is 2.71 bits per heavy atom. The average molecular weight is 285 g/mol. The lowest BCUT2D eigenvalue weighted by Crippen LogP contribution is -2.07. The molecule has 8 heteroatoms. The van der Waals surface area contributed by atoms with Crippen LogP contribution in [0.1, 0.15) is 22.2 Å². The van der Waals surface area contributed by atoms with Crippen molar-refractivity contribution in [2.45, 2.75) is 13.5 Å². The van der Waals surface area contributed by atoms with Gasteiger partial charge in [-0.3, -0.25) is 0 Å². The number of nitrogens with zero attached hydrogens (tertiary/aromatic N) is 5. The topological polar surface area (TPSA) is 107 Å². The van der Waals surface area contributed by atoms with Crippen molar-refractivity contribution in [1.82, 2.24) is 25.1 Å². The molecular formula is C13H11N5O3. The summed E-state index contributed by atoms with van der Waals surface area (Å²) in [5.41, 5.74) is 1.01. The molecule has 0 amide bonds. The first-order chi connectivity index (χ1) is 10.1. The van der Waals surface area contributed by atoms with Gasteiger partial charge >= 0.3 is 5.97 Å². The zero-order valence-electron chi connectivity index (χ0n) is 11.1. The quantitative estimate of drug-likeness (QED) is 0.771. The minimum atomic E-state index is -1.13. The van der Waals surface area contributed by atoms with E-state index in [2.05, 4.69) is 20.5 Å². The molecule has 2 aromatic heterocycles. The molecule has 0 saturated heterocycles. The SMILES string of the molecule is Cc1nc(Cn2nnc(C(=O)O)c2-c2ccccc2)no1. The second-order valence-corrected chi connectivity index (χ2v) is 4.35. The first-order valence-corrected chi connectivity index (χ1v) is 6.16. The van der Waals surface area contributed by atoms with Crippen molar-refractivity contribution in [3.8, 4) is 11.3 Å². The van der Waals surface area contributed by atoms with Gasteiger partial charge in [-0.2, -0.15) is 4.98 Å². The number of carbonyl (C=O) groups is 1. The summed E-state index contributed by atoms with van der Waals surface area (Å²) in [4.78, 5) is 15.4. The number of aromatic carboxylic acids is 1. The third kappa shape index (κ3) is 2.50. The molecule has 2 heterocycles. The van der Waals surface area contributed by atoms with E-state index in [9.17, 15) is 9.90 Å². The maximum atomic E-state index is 11.3. The fourth-order valence-electron chi connectivity index (χ4n) is 1.99. The Kier molecular flexibility index (Phi) is 3.19. The smallest absolute Gasteiger partial charge is 0.358 e. The molecule has 0 fully saturated rings. The van der Waals surface area contributed by atoms with E-state index in [1.54, 1.807) is 19.1 Å². The van der Waals surface area contributed by atoms with Crippen LogP contribution in [-0.2, 0) is 6.54 Å². The Labute approximate surface area is 119 Å². The molecule has 106 valence electrons. The third-order valence-electron chi connectivity index (χ3n) is 2.85. The van der Waals surface area contributed by atoms with Crippen LogP contribution in [0.4, 0.5) is 0 Å². The molecule has 1 aromatic carbocycles. The van der Waals surface area contributed by atoms with Crippen molar-refractivity contribution >= 4 is 5.97 Å². The lowest BCUT2D eigenvalue weighted by Gasteiger charge is -2.04. The first kappa shape index (κ1) is 13.0. The Morgan fingerprint density at radius 2 is 2.10 bits per heavy atom. The van der Waals surface area contributed by atoms with E-state index in [4.69, 9.17) is 4.52 Å². The van der Waals surface area contributed by atoms with Crippen LogP contribution in [0.25, 0.3) is 11.3 Å². The number of benzene rings is 1. The van der Waals surface area contributed by atoms with E-state index < -0.39 is 5.97 Å². The lowest BCUT2D eigenvalue weighted by molar-refractivity contribution is 0.0691. The monoisotopic (exact) mass is 285 g/mol. The van der Waals surface area contributed by atoms with Gasteiger partial charge in [0.05, 0.1) is 0 Å². The van der Waals surface area contributed by atoms with E-state index in [1.165, 1.54) is 4.68 Å². The molecular weight excluding hydrogens is 274 g/mol. The van der Waals surface area contributed by atoms with E-state index in [0.29, 0.717) is 23.0 Å². The zero-order valence-corrected chi connectivity index (χ0v) is 11.1. The Bertz CT molecular complexity index is 778. The third-order valence-corrected chi connectivity index (χ3v) is 2.85. The summed E-state index contributed by atoms with van der Waals surface area (Å²) in [7, 11) is 0. The van der Waals surface area contributed by atoms with Crippen LogP contribution < -0.4 is 0 Å². The molecule has 8 nitrogen and oxygen atoms in total. The highest BCUT2D eigenvalue weighted by Gasteiger charge is 2.21. The second-order valence-electron chi connectivity index (χ2n) is 4.35. The number of hydrogen-bond donors (Lipinski definition) is 1. The molecule has 0 bridgehead atoms. The number of hydrogen-bond acceptors (Lipinski definition) is 6. The van der Waals surface area contributed by atoms with Crippen LogP contribution in [-0.4, -0.2) is 36.2 Å². The van der Waals surface area contributed by atoms with Crippen molar-refractivity contribution < 1.29 is 14.4 Å². The van der Waals surface area contributed by atoms with Gasteiger partial charge in [-0.15, -0.1) is 5.10 Å². The Balaban J connectivity index is 2.07. The Morgan fingerprint density at radius 1 is 1.33 bits per heavy atom. The molecule has 3 aromatic rings. The molecule has 0 aliphatic carbocycles. The molecule has 0 saturated carbocycles. The highest BCUT2D eigenvalue weighted by Crippen LogP contribution is 2.22. The normalized spacial score (nSPS) is 10.7. The Hall–Kier alpha value is -3.03. The van der Waals surface area contributed by atoms with Gasteiger partial charge in [-0.1, -0.05) is 40.7 Å². The summed E-state index contributed by atoms with van der Waals surface area (Å²) < 4.78 is 6.35. The predicted octanol–water partition coefficient (Wildman–Crippen LogP) is 1.38. The summed E-state index contributed by atoms with van der Waals surface area (Å²) in [6, 6.07) is 9.07. The highest BCUT2D eigenvalue weighted by atomic mass is 16.5. The van der Waals surface area contributed by atoms with Crippen LogP contribution in [0.15, 0.2) is 34.9 Å². The lowest BCUT2D eigenvalue weighted by atomic mass is 10.1. The molecule has 0 spiro atoms. The van der Waals surface area contributed by atoms with Gasteiger partial charge in [0.25, 0.3) is 0 Å². The summed E-state index contributed by atoms with van der Waals surface area (Å²) in [6.07, 6.45) is 0. The maximum Gasteiger partial charge on any atom is 0.358 e. The van der Waals surface area contributed by atoms with E-state index >= 15 is 0 Å². The van der Waals surface area contributed by atoms with Crippen molar-refractivity contribution in [3.05, 3.63) is 47.7 Å².